The van der Waals surface area contributed by atoms with Crippen molar-refractivity contribution >= 4 is 11.6 Å². The Morgan fingerprint density at radius 1 is 1.32 bits per heavy atom. The average Bonchev–Trinajstić information content (AvgIpc) is 2.77. The molecule has 3 N–H and O–H groups in total. The zero-order chi connectivity index (χ0) is 13.8. The molecule has 0 aliphatic rings. The van der Waals surface area contributed by atoms with Crippen molar-refractivity contribution in [1.29, 1.82) is 0 Å². The lowest BCUT2D eigenvalue weighted by atomic mass is 10.1. The number of nitrogens with two attached hydrogens (primary N) is 1. The molecular formula is C13H17N5O. The number of nitrogens with zero attached hydrogens (tertiary/aromatic N) is 3. The minimum atomic E-state index is 0.268. The van der Waals surface area contributed by atoms with Crippen LogP contribution in [0.5, 0.6) is 0 Å². The van der Waals surface area contributed by atoms with E-state index in [1.165, 1.54) is 11.1 Å². The molecule has 1 aromatic carbocycles. The molecule has 1 aromatic heterocycles. The normalized spacial score (nSPS) is 11.6. The second-order valence-corrected chi connectivity index (χ2v) is 4.36. The van der Waals surface area contributed by atoms with Crippen molar-refractivity contribution in [2.45, 2.75) is 27.3 Å². The molecule has 0 saturated carbocycles. The van der Waals surface area contributed by atoms with Crippen LogP contribution < -0.4 is 11.1 Å². The first-order valence-electron chi connectivity index (χ1n) is 5.98. The van der Waals surface area contributed by atoms with Crippen molar-refractivity contribution in [3.05, 3.63) is 41.0 Å². The molecular weight excluding hydrogens is 242 g/mol. The molecule has 0 unspecified atom stereocenters. The SMILES string of the molecule is Cc1noc(CN=C(N)Nc2ccc(C)c(C)c2)n1. The van der Waals surface area contributed by atoms with Crippen LogP contribution in [0.25, 0.3) is 0 Å². The molecule has 6 heteroatoms. The maximum atomic E-state index is 5.80. The lowest BCUT2D eigenvalue weighted by Gasteiger charge is -2.07. The molecule has 0 radical (unpaired) electrons. The number of aromatic nitrogens is 2. The van der Waals surface area contributed by atoms with Gasteiger partial charge in [0.15, 0.2) is 11.8 Å². The molecule has 2 aromatic rings. The summed E-state index contributed by atoms with van der Waals surface area (Å²) in [6.07, 6.45) is 0. The summed E-state index contributed by atoms with van der Waals surface area (Å²) >= 11 is 0. The molecule has 6 nitrogen and oxygen atoms in total. The van der Waals surface area contributed by atoms with E-state index in [4.69, 9.17) is 10.3 Å². The summed E-state index contributed by atoms with van der Waals surface area (Å²) in [4.78, 5) is 8.19. The number of rotatable bonds is 3. The molecule has 1 heterocycles. The fourth-order valence-electron chi connectivity index (χ4n) is 1.56. The van der Waals surface area contributed by atoms with Crippen LogP contribution >= 0.6 is 0 Å². The molecule has 2 rings (SSSR count). The second-order valence-electron chi connectivity index (χ2n) is 4.36. The Hall–Kier alpha value is -2.37. The first-order valence-corrected chi connectivity index (χ1v) is 5.98. The van der Waals surface area contributed by atoms with E-state index in [1.54, 1.807) is 6.92 Å². The molecule has 0 bridgehead atoms. The van der Waals surface area contributed by atoms with Gasteiger partial charge in [-0.2, -0.15) is 4.98 Å². The van der Waals surface area contributed by atoms with Crippen molar-refractivity contribution in [2.75, 3.05) is 5.32 Å². The number of anilines is 1. The summed E-state index contributed by atoms with van der Waals surface area (Å²) in [6.45, 7) is 6.14. The van der Waals surface area contributed by atoms with Gasteiger partial charge in [0.05, 0.1) is 0 Å². The molecule has 0 saturated heterocycles. The molecule has 0 fully saturated rings. The Bertz CT molecular complexity index is 603. The lowest BCUT2D eigenvalue weighted by molar-refractivity contribution is 0.376. The lowest BCUT2D eigenvalue weighted by Crippen LogP contribution is -2.22. The topological polar surface area (TPSA) is 89.3 Å². The van der Waals surface area contributed by atoms with Crippen LogP contribution in [0.2, 0.25) is 0 Å². The van der Waals surface area contributed by atoms with Gasteiger partial charge in [0.2, 0.25) is 5.89 Å². The van der Waals surface area contributed by atoms with Gasteiger partial charge >= 0.3 is 0 Å². The number of nitrogens with one attached hydrogen (secondary N) is 1. The van der Waals surface area contributed by atoms with Crippen molar-refractivity contribution in [3.8, 4) is 0 Å². The van der Waals surface area contributed by atoms with E-state index in [0.29, 0.717) is 17.7 Å². The Morgan fingerprint density at radius 2 is 2.11 bits per heavy atom. The highest BCUT2D eigenvalue weighted by molar-refractivity contribution is 5.92. The van der Waals surface area contributed by atoms with Gasteiger partial charge in [-0.25, -0.2) is 4.99 Å². The van der Waals surface area contributed by atoms with Crippen LogP contribution in [0.4, 0.5) is 5.69 Å². The summed E-state index contributed by atoms with van der Waals surface area (Å²) in [5, 5.41) is 6.71. The predicted molar refractivity (Wildman–Crippen MR) is 73.9 cm³/mol. The van der Waals surface area contributed by atoms with E-state index in [-0.39, 0.29) is 6.54 Å². The van der Waals surface area contributed by atoms with E-state index in [9.17, 15) is 0 Å². The maximum absolute atomic E-state index is 5.80. The third-order valence-corrected chi connectivity index (χ3v) is 2.73. The summed E-state index contributed by atoms with van der Waals surface area (Å²) in [6, 6.07) is 6.02. The molecule has 0 spiro atoms. The van der Waals surface area contributed by atoms with Gasteiger partial charge in [-0.05, 0) is 44.0 Å². The second kappa shape index (κ2) is 5.51. The van der Waals surface area contributed by atoms with Crippen molar-refractivity contribution in [2.24, 2.45) is 10.7 Å². The number of aryl methyl sites for hydroxylation is 3. The van der Waals surface area contributed by atoms with Gasteiger partial charge < -0.3 is 15.6 Å². The first kappa shape index (κ1) is 13.1. The standard InChI is InChI=1S/C13H17N5O/c1-8-4-5-11(6-9(8)2)17-13(14)15-7-12-16-10(3)18-19-12/h4-6H,7H2,1-3H3,(H3,14,15,17). The molecule has 0 aliphatic heterocycles. The van der Waals surface area contributed by atoms with E-state index in [0.717, 1.165) is 5.69 Å². The maximum Gasteiger partial charge on any atom is 0.248 e. The van der Waals surface area contributed by atoms with Crippen molar-refractivity contribution < 1.29 is 4.52 Å². The molecule has 100 valence electrons. The van der Waals surface area contributed by atoms with Crippen LogP contribution in [-0.4, -0.2) is 16.1 Å². The van der Waals surface area contributed by atoms with E-state index < -0.39 is 0 Å². The highest BCUT2D eigenvalue weighted by Crippen LogP contribution is 2.13. The summed E-state index contributed by atoms with van der Waals surface area (Å²) in [7, 11) is 0. The van der Waals surface area contributed by atoms with Crippen LogP contribution in [-0.2, 0) is 6.54 Å². The van der Waals surface area contributed by atoms with E-state index in [2.05, 4.69) is 34.3 Å². The Kier molecular flexibility index (Phi) is 3.79. The third-order valence-electron chi connectivity index (χ3n) is 2.73. The fourth-order valence-corrected chi connectivity index (χ4v) is 1.56. The molecule has 0 amide bonds. The summed E-state index contributed by atoms with van der Waals surface area (Å²) in [5.74, 6) is 1.35. The number of aliphatic imine (C=N–C) groups is 1. The third kappa shape index (κ3) is 3.54. The predicted octanol–water partition coefficient (Wildman–Crippen LogP) is 1.92. The van der Waals surface area contributed by atoms with E-state index >= 15 is 0 Å². The summed E-state index contributed by atoms with van der Waals surface area (Å²) < 4.78 is 4.95. The van der Waals surface area contributed by atoms with Crippen LogP contribution in [0.1, 0.15) is 22.8 Å². The van der Waals surface area contributed by atoms with Crippen LogP contribution in [0.3, 0.4) is 0 Å². The minimum absolute atomic E-state index is 0.268. The average molecular weight is 259 g/mol. The molecule has 0 atom stereocenters. The highest BCUT2D eigenvalue weighted by atomic mass is 16.5. The number of benzene rings is 1. The van der Waals surface area contributed by atoms with Crippen LogP contribution in [0, 0.1) is 20.8 Å². The highest BCUT2D eigenvalue weighted by Gasteiger charge is 2.02. The quantitative estimate of drug-likeness (QED) is 0.649. The molecule has 19 heavy (non-hydrogen) atoms. The van der Waals surface area contributed by atoms with Gasteiger partial charge in [-0.3, -0.25) is 0 Å². The van der Waals surface area contributed by atoms with E-state index in [1.807, 2.05) is 18.2 Å². The minimum Gasteiger partial charge on any atom is -0.370 e. The van der Waals surface area contributed by atoms with Crippen LogP contribution in [0.15, 0.2) is 27.7 Å². The Morgan fingerprint density at radius 3 is 2.74 bits per heavy atom. The smallest absolute Gasteiger partial charge is 0.248 e. The Labute approximate surface area is 111 Å². The van der Waals surface area contributed by atoms with Crippen molar-refractivity contribution in [3.63, 3.8) is 0 Å². The zero-order valence-corrected chi connectivity index (χ0v) is 11.3. The van der Waals surface area contributed by atoms with Gasteiger partial charge in [0.25, 0.3) is 0 Å². The number of guanidine groups is 1. The zero-order valence-electron chi connectivity index (χ0n) is 11.3. The fraction of sp³-hybridized carbons (Fsp3) is 0.308. The Balaban J connectivity index is 1.99. The van der Waals surface area contributed by atoms with Gasteiger partial charge in [0, 0.05) is 5.69 Å². The monoisotopic (exact) mass is 259 g/mol. The van der Waals surface area contributed by atoms with Crippen molar-refractivity contribution in [1.82, 2.24) is 10.1 Å². The first-order chi connectivity index (χ1) is 9.04. The number of hydrogen-bond donors (Lipinski definition) is 2. The molecule has 0 aliphatic carbocycles. The largest absolute Gasteiger partial charge is 0.370 e. The van der Waals surface area contributed by atoms with Gasteiger partial charge in [0.1, 0.15) is 6.54 Å². The van der Waals surface area contributed by atoms with Gasteiger partial charge in [-0.15, -0.1) is 0 Å². The number of hydrogen-bond acceptors (Lipinski definition) is 4. The summed E-state index contributed by atoms with van der Waals surface area (Å²) in [5.41, 5.74) is 9.14. The van der Waals surface area contributed by atoms with Gasteiger partial charge in [-0.1, -0.05) is 11.2 Å².